The van der Waals surface area contributed by atoms with Crippen molar-refractivity contribution >= 4 is 19.8 Å². The van der Waals surface area contributed by atoms with Gasteiger partial charge in [0.25, 0.3) is 0 Å². The Labute approximate surface area is 186 Å². The van der Waals surface area contributed by atoms with E-state index in [-0.39, 0.29) is 12.2 Å². The van der Waals surface area contributed by atoms with Crippen molar-refractivity contribution in [2.45, 2.75) is 63.8 Å². The third-order valence-electron chi connectivity index (χ3n) is 8.95. The Morgan fingerprint density at radius 2 is 2.03 bits per heavy atom. The number of hydrogen-bond acceptors (Lipinski definition) is 7. The number of aliphatic hydroxyl groups is 2. The van der Waals surface area contributed by atoms with Gasteiger partial charge in [-0.05, 0) is 56.6 Å². The average Bonchev–Trinajstić information content (AvgIpc) is 2.91. The Balaban J connectivity index is 1.71. The maximum Gasteiger partial charge on any atom is 0.725 e. The van der Waals surface area contributed by atoms with Gasteiger partial charge in [0.1, 0.15) is 12.2 Å². The number of carbonyl (C=O) groups excluding carboxylic acids is 2. The summed E-state index contributed by atoms with van der Waals surface area (Å²) < 4.78 is 31.8. The van der Waals surface area contributed by atoms with Gasteiger partial charge in [0.05, 0.1) is 10.8 Å². The lowest BCUT2D eigenvalue weighted by molar-refractivity contribution is -0.234. The number of carbonyl (C=O) groups is 2. The Hall–Kier alpha value is -1.35. The first-order valence-electron chi connectivity index (χ1n) is 10.8. The second-order valence-electron chi connectivity index (χ2n) is 10.2. The highest BCUT2D eigenvalue weighted by Crippen LogP contribution is 2.70. The molecule has 0 spiro atoms. The number of alkyl halides is 1. The van der Waals surface area contributed by atoms with E-state index in [0.29, 0.717) is 24.8 Å². The van der Waals surface area contributed by atoms with E-state index in [2.05, 4.69) is 9.56 Å². The van der Waals surface area contributed by atoms with Crippen LogP contribution in [0.5, 0.6) is 0 Å². The van der Waals surface area contributed by atoms with Crippen LogP contribution >= 0.6 is 8.25 Å². The van der Waals surface area contributed by atoms with E-state index in [0.717, 1.165) is 0 Å². The quantitative estimate of drug-likeness (QED) is 0.317. The molecule has 0 aromatic heterocycles. The third-order valence-corrected chi connectivity index (χ3v) is 9.19. The molecule has 0 radical (unpaired) electrons. The van der Waals surface area contributed by atoms with Gasteiger partial charge in [0.2, 0.25) is 0 Å². The van der Waals surface area contributed by atoms with E-state index in [9.17, 15) is 24.4 Å². The van der Waals surface area contributed by atoms with Gasteiger partial charge in [-0.3, -0.25) is 9.59 Å². The fourth-order valence-corrected chi connectivity index (χ4v) is 7.52. The topological polar surface area (TPSA) is 130 Å². The number of hydrogen-bond donors (Lipinski definition) is 3. The van der Waals surface area contributed by atoms with Crippen molar-refractivity contribution in [1.82, 2.24) is 0 Å². The molecule has 1 unspecified atom stereocenters. The van der Waals surface area contributed by atoms with Crippen LogP contribution in [0.3, 0.4) is 0 Å². The highest BCUT2D eigenvalue weighted by molar-refractivity contribution is 7.31. The molecular weight excluding hydrogens is 442 g/mol. The van der Waals surface area contributed by atoms with Gasteiger partial charge in [-0.25, -0.2) is 4.39 Å². The number of rotatable bonds is 5. The summed E-state index contributed by atoms with van der Waals surface area (Å²) in [4.78, 5) is 38.1. The van der Waals surface area contributed by atoms with Gasteiger partial charge in [-0.1, -0.05) is 25.5 Å². The molecule has 4 aliphatic rings. The maximum absolute atomic E-state index is 17.0. The zero-order valence-electron chi connectivity index (χ0n) is 18.3. The summed E-state index contributed by atoms with van der Waals surface area (Å²) in [6.07, 6.45) is 3.97. The zero-order valence-corrected chi connectivity index (χ0v) is 19.2. The van der Waals surface area contributed by atoms with Crippen molar-refractivity contribution in [3.05, 3.63) is 23.8 Å². The minimum Gasteiger partial charge on any atom is -0.390 e. The number of ketones is 2. The van der Waals surface area contributed by atoms with E-state index in [4.69, 9.17) is 4.89 Å². The molecule has 32 heavy (non-hydrogen) atoms. The van der Waals surface area contributed by atoms with Gasteiger partial charge in [0, 0.05) is 21.3 Å². The average molecular weight is 471 g/mol. The third kappa shape index (κ3) is 2.92. The molecular formula is C22H29FO8P+. The first kappa shape index (κ1) is 23.8. The predicted octanol–water partition coefficient (Wildman–Crippen LogP) is 2.50. The number of Topliss-reactive ketones (excluding diaryl/α,β-unsaturated/α-hetero) is 1. The molecule has 8 nitrogen and oxygen atoms in total. The number of halogens is 1. The fraction of sp³-hybridized carbons (Fsp3) is 0.727. The number of allylic oxidation sites excluding steroid dienone is 4. The smallest absolute Gasteiger partial charge is 0.390 e. The van der Waals surface area contributed by atoms with Crippen molar-refractivity contribution in [2.75, 3.05) is 6.61 Å². The van der Waals surface area contributed by atoms with Crippen LogP contribution in [0.4, 0.5) is 4.39 Å². The first-order chi connectivity index (χ1) is 14.8. The highest BCUT2D eigenvalue weighted by Gasteiger charge is 2.75. The molecule has 0 aromatic rings. The van der Waals surface area contributed by atoms with Crippen molar-refractivity contribution in [1.29, 1.82) is 0 Å². The minimum atomic E-state index is -3.07. The molecule has 176 valence electrons. The second kappa shape index (κ2) is 7.58. The molecule has 3 N–H and O–H groups in total. The van der Waals surface area contributed by atoms with E-state index in [1.165, 1.54) is 12.2 Å². The van der Waals surface area contributed by atoms with Crippen molar-refractivity contribution < 1.29 is 43.2 Å². The summed E-state index contributed by atoms with van der Waals surface area (Å²) in [5.41, 5.74) is -5.62. The number of fused-ring (bicyclic) bond motifs is 5. The van der Waals surface area contributed by atoms with Crippen LogP contribution in [-0.2, 0) is 23.7 Å². The van der Waals surface area contributed by atoms with Crippen LogP contribution in [0.25, 0.3) is 0 Å². The van der Waals surface area contributed by atoms with Crippen LogP contribution in [-0.4, -0.2) is 50.7 Å². The van der Waals surface area contributed by atoms with Crippen molar-refractivity contribution in [3.8, 4) is 0 Å². The molecule has 4 rings (SSSR count). The second-order valence-corrected chi connectivity index (χ2v) is 10.8. The fourth-order valence-electron chi connectivity index (χ4n) is 7.38. The molecule has 3 saturated carbocycles. The van der Waals surface area contributed by atoms with Crippen molar-refractivity contribution in [2.24, 2.45) is 28.6 Å². The molecule has 0 saturated heterocycles. The minimum absolute atomic E-state index is 0.156. The molecule has 3 fully saturated rings. The van der Waals surface area contributed by atoms with Crippen LogP contribution in [0.1, 0.15) is 46.5 Å². The van der Waals surface area contributed by atoms with Crippen LogP contribution < -0.4 is 0 Å². The lowest BCUT2D eigenvalue weighted by atomic mass is 9.44. The summed E-state index contributed by atoms with van der Waals surface area (Å²) in [5.74, 6) is -2.53. The standard InChI is InChI=1S/C22H28FO8P/c1-12-8-16-15-5-4-13-9-14(24)6-7-19(13,2)21(15,23)17(25)10-20(16,3)22(12,27)18(26)11-30-31-32(28)29/h6-7,9,12,15-17,25,27H,4-5,8,10-11H2,1-3H3/p+1/t12-,15+,16+,17+,19+,20+,21+,22+/m1/s1. The molecule has 9 atom stereocenters. The zero-order chi connectivity index (χ0) is 23.7. The molecule has 4 aliphatic carbocycles. The Bertz CT molecular complexity index is 935. The molecule has 0 heterocycles. The van der Waals surface area contributed by atoms with E-state index < -0.39 is 66.6 Å². The lowest BCUT2D eigenvalue weighted by Gasteiger charge is -2.62. The maximum atomic E-state index is 17.0. The first-order valence-corrected chi connectivity index (χ1v) is 12.0. The largest absolute Gasteiger partial charge is 0.725 e. The van der Waals surface area contributed by atoms with Crippen molar-refractivity contribution in [3.63, 3.8) is 0 Å². The van der Waals surface area contributed by atoms with E-state index >= 15 is 4.39 Å². The highest BCUT2D eigenvalue weighted by atomic mass is 31.1. The Kier molecular flexibility index (Phi) is 5.64. The summed E-state index contributed by atoms with van der Waals surface area (Å²) in [7, 11) is -3.07. The number of aliphatic hydroxyl groups excluding tert-OH is 1. The van der Waals surface area contributed by atoms with E-state index in [1.54, 1.807) is 26.8 Å². The summed E-state index contributed by atoms with van der Waals surface area (Å²) >= 11 is 0. The van der Waals surface area contributed by atoms with Crippen LogP contribution in [0.2, 0.25) is 0 Å². The van der Waals surface area contributed by atoms with E-state index in [1.807, 2.05) is 0 Å². The molecule has 0 aliphatic heterocycles. The normalized spacial score (nSPS) is 47.9. The van der Waals surface area contributed by atoms with Gasteiger partial charge >= 0.3 is 8.25 Å². The van der Waals surface area contributed by atoms with Gasteiger partial charge in [-0.15, -0.1) is 4.89 Å². The summed E-state index contributed by atoms with van der Waals surface area (Å²) in [6, 6.07) is 0. The lowest BCUT2D eigenvalue weighted by Crippen LogP contribution is -2.69. The Morgan fingerprint density at radius 1 is 1.34 bits per heavy atom. The summed E-state index contributed by atoms with van der Waals surface area (Å²) in [6.45, 7) is 4.36. The van der Waals surface area contributed by atoms with Gasteiger partial charge in [-0.2, -0.15) is 4.89 Å². The molecule has 0 bridgehead atoms. The van der Waals surface area contributed by atoms with Gasteiger partial charge < -0.3 is 10.2 Å². The molecule has 10 heteroatoms. The predicted molar refractivity (Wildman–Crippen MR) is 110 cm³/mol. The van der Waals surface area contributed by atoms with Crippen LogP contribution in [0.15, 0.2) is 23.8 Å². The molecule has 0 amide bonds. The SMILES string of the molecule is C[C@@H]1C[C@H]2[C@@H]3CCC4=CC(=O)C=C[C@]4(C)[C@@]3(F)[C@@H](O)C[C@]2(C)[C@@]1(O)C(=O)COO[P+](=O)O. The monoisotopic (exact) mass is 471 g/mol. The van der Waals surface area contributed by atoms with Gasteiger partial charge in [0.15, 0.2) is 17.2 Å². The molecule has 0 aromatic carbocycles. The Morgan fingerprint density at radius 3 is 2.69 bits per heavy atom. The summed E-state index contributed by atoms with van der Waals surface area (Å²) in [5, 5.41) is 22.9. The van der Waals surface area contributed by atoms with Crippen LogP contribution in [0, 0.1) is 28.6 Å².